The van der Waals surface area contributed by atoms with E-state index < -0.39 is 0 Å². The van der Waals surface area contributed by atoms with Crippen LogP contribution in [0.25, 0.3) is 21.7 Å². The number of carbonyl (C=O) groups is 1. The van der Waals surface area contributed by atoms with Gasteiger partial charge in [-0.1, -0.05) is 11.3 Å². The van der Waals surface area contributed by atoms with E-state index in [-0.39, 0.29) is 5.91 Å². The van der Waals surface area contributed by atoms with E-state index >= 15 is 0 Å². The molecule has 1 N–H and O–H groups in total. The zero-order valence-electron chi connectivity index (χ0n) is 12.7. The molecule has 6 nitrogen and oxygen atoms in total. The number of aromatic nitrogens is 3. The number of aryl methyl sites for hydroxylation is 1. The lowest BCUT2D eigenvalue weighted by atomic mass is 10.2. The fraction of sp³-hybridized carbons (Fsp3) is 0.0588. The molecule has 4 aromatic rings. The minimum atomic E-state index is -0.249. The number of rotatable bonds is 3. The van der Waals surface area contributed by atoms with E-state index in [1.807, 2.05) is 30.3 Å². The normalized spacial score (nSPS) is 10.9. The van der Waals surface area contributed by atoms with Crippen LogP contribution in [-0.2, 0) is 0 Å². The summed E-state index contributed by atoms with van der Waals surface area (Å²) in [6.45, 7) is 1.80. The minimum Gasteiger partial charge on any atom is -0.441 e. The van der Waals surface area contributed by atoms with Crippen molar-refractivity contribution < 1.29 is 9.21 Å². The highest BCUT2D eigenvalue weighted by molar-refractivity contribution is 7.20. The summed E-state index contributed by atoms with van der Waals surface area (Å²) in [6.07, 6.45) is 3.36. The first-order valence-corrected chi connectivity index (χ1v) is 8.06. The molecule has 0 fully saturated rings. The molecule has 4 rings (SSSR count). The molecular formula is C17H12N4O2S. The van der Waals surface area contributed by atoms with Gasteiger partial charge in [0.2, 0.25) is 0 Å². The number of nitrogens with zero attached hydrogens (tertiary/aromatic N) is 3. The first kappa shape index (κ1) is 14.5. The van der Waals surface area contributed by atoms with Crippen molar-refractivity contribution in [1.29, 1.82) is 0 Å². The molecule has 0 aliphatic rings. The van der Waals surface area contributed by atoms with Crippen LogP contribution in [0.2, 0.25) is 0 Å². The number of oxazole rings is 1. The maximum Gasteiger partial charge on any atom is 0.284 e. The van der Waals surface area contributed by atoms with Crippen molar-refractivity contribution >= 4 is 33.3 Å². The first-order valence-electron chi connectivity index (χ1n) is 7.25. The Hall–Kier alpha value is -3.06. The first-order chi connectivity index (χ1) is 11.7. The van der Waals surface area contributed by atoms with E-state index in [1.54, 1.807) is 25.4 Å². The Morgan fingerprint density at radius 1 is 1.17 bits per heavy atom. The second-order valence-corrected chi connectivity index (χ2v) is 6.10. The molecule has 3 aromatic heterocycles. The number of anilines is 1. The van der Waals surface area contributed by atoms with Gasteiger partial charge in [0.25, 0.3) is 5.91 Å². The average molecular weight is 336 g/mol. The Kier molecular flexibility index (Phi) is 3.55. The minimum absolute atomic E-state index is 0.249. The second kappa shape index (κ2) is 5.86. The predicted molar refractivity (Wildman–Crippen MR) is 92.0 cm³/mol. The van der Waals surface area contributed by atoms with E-state index in [2.05, 4.69) is 20.3 Å². The number of pyridine rings is 1. The van der Waals surface area contributed by atoms with E-state index in [0.29, 0.717) is 22.3 Å². The molecule has 1 amide bonds. The summed E-state index contributed by atoms with van der Waals surface area (Å²) in [7, 11) is 0. The van der Waals surface area contributed by atoms with E-state index in [9.17, 15) is 4.79 Å². The van der Waals surface area contributed by atoms with Gasteiger partial charge in [-0.25, -0.2) is 15.0 Å². The number of amides is 1. The number of fused-ring (bicyclic) bond motifs is 1. The van der Waals surface area contributed by atoms with Gasteiger partial charge in [0.1, 0.15) is 10.3 Å². The summed E-state index contributed by atoms with van der Waals surface area (Å²) in [5.74, 6) is 1.07. The van der Waals surface area contributed by atoms with Gasteiger partial charge in [-0.3, -0.25) is 4.79 Å². The third kappa shape index (κ3) is 2.77. The van der Waals surface area contributed by atoms with Crippen molar-refractivity contribution in [1.82, 2.24) is 15.0 Å². The molecule has 0 atom stereocenters. The number of hydrogen-bond donors (Lipinski definition) is 1. The summed E-state index contributed by atoms with van der Waals surface area (Å²) in [6, 6.07) is 11.0. The summed E-state index contributed by atoms with van der Waals surface area (Å²) < 4.78 is 5.48. The van der Waals surface area contributed by atoms with Crippen LogP contribution in [0.15, 0.2) is 53.2 Å². The highest BCUT2D eigenvalue weighted by atomic mass is 32.1. The zero-order valence-corrected chi connectivity index (χ0v) is 13.5. The van der Waals surface area contributed by atoms with Crippen molar-refractivity contribution in [2.24, 2.45) is 0 Å². The molecule has 7 heteroatoms. The van der Waals surface area contributed by atoms with Gasteiger partial charge in [-0.05, 0) is 36.4 Å². The molecule has 0 aliphatic heterocycles. The summed E-state index contributed by atoms with van der Waals surface area (Å²) in [4.78, 5) is 25.6. The monoisotopic (exact) mass is 336 g/mol. The highest BCUT2D eigenvalue weighted by Crippen LogP contribution is 2.23. The van der Waals surface area contributed by atoms with Crippen LogP contribution in [0, 0.1) is 6.92 Å². The van der Waals surface area contributed by atoms with Gasteiger partial charge >= 0.3 is 0 Å². The van der Waals surface area contributed by atoms with Crippen LogP contribution in [0.3, 0.4) is 0 Å². The van der Waals surface area contributed by atoms with Crippen LogP contribution >= 0.6 is 11.3 Å². The van der Waals surface area contributed by atoms with Crippen LogP contribution in [0.5, 0.6) is 0 Å². The Balaban J connectivity index is 1.53. The van der Waals surface area contributed by atoms with Crippen LogP contribution in [0.1, 0.15) is 15.7 Å². The van der Waals surface area contributed by atoms with Crippen molar-refractivity contribution in [3.8, 4) is 11.3 Å². The SMILES string of the molecule is Cc1ncc(-c2ccc(NC(=O)c3nc4cccnc4s3)cc2)o1. The number of nitrogens with one attached hydrogen (secondary N) is 1. The van der Waals surface area contributed by atoms with Crippen LogP contribution in [0.4, 0.5) is 5.69 Å². The topological polar surface area (TPSA) is 80.9 Å². The molecule has 0 aliphatic carbocycles. The van der Waals surface area contributed by atoms with Crippen LogP contribution in [-0.4, -0.2) is 20.9 Å². The predicted octanol–water partition coefficient (Wildman–Crippen LogP) is 3.91. The lowest BCUT2D eigenvalue weighted by Crippen LogP contribution is -2.11. The van der Waals surface area contributed by atoms with E-state index in [4.69, 9.17) is 4.42 Å². The third-order valence-corrected chi connectivity index (χ3v) is 4.39. The van der Waals surface area contributed by atoms with Gasteiger partial charge in [0, 0.05) is 24.4 Å². The largest absolute Gasteiger partial charge is 0.441 e. The summed E-state index contributed by atoms with van der Waals surface area (Å²) >= 11 is 1.27. The molecule has 0 saturated carbocycles. The lowest BCUT2D eigenvalue weighted by molar-refractivity contribution is 0.102. The molecule has 118 valence electrons. The van der Waals surface area contributed by atoms with Crippen molar-refractivity contribution in [3.05, 3.63) is 59.7 Å². The number of thiazole rings is 1. The summed E-state index contributed by atoms with van der Waals surface area (Å²) in [5.41, 5.74) is 2.31. The fourth-order valence-corrected chi connectivity index (χ4v) is 3.07. The van der Waals surface area contributed by atoms with Gasteiger partial charge in [-0.15, -0.1) is 0 Å². The lowest BCUT2D eigenvalue weighted by Gasteiger charge is -2.03. The molecule has 0 radical (unpaired) electrons. The quantitative estimate of drug-likeness (QED) is 0.613. The molecular weight excluding hydrogens is 324 g/mol. The molecule has 1 aromatic carbocycles. The fourth-order valence-electron chi connectivity index (χ4n) is 2.26. The number of benzene rings is 1. The number of hydrogen-bond acceptors (Lipinski definition) is 6. The van der Waals surface area contributed by atoms with Gasteiger partial charge < -0.3 is 9.73 Å². The average Bonchev–Trinajstić information content (AvgIpc) is 3.21. The Morgan fingerprint density at radius 3 is 2.71 bits per heavy atom. The molecule has 0 unspecified atom stereocenters. The highest BCUT2D eigenvalue weighted by Gasteiger charge is 2.13. The van der Waals surface area contributed by atoms with Crippen molar-refractivity contribution in [2.45, 2.75) is 6.92 Å². The Labute approximate surface area is 141 Å². The maximum atomic E-state index is 12.3. The third-order valence-electron chi connectivity index (χ3n) is 3.41. The molecule has 24 heavy (non-hydrogen) atoms. The van der Waals surface area contributed by atoms with Gasteiger partial charge in [-0.2, -0.15) is 0 Å². The van der Waals surface area contributed by atoms with E-state index in [0.717, 1.165) is 15.9 Å². The molecule has 0 saturated heterocycles. The van der Waals surface area contributed by atoms with Crippen molar-refractivity contribution in [3.63, 3.8) is 0 Å². The smallest absolute Gasteiger partial charge is 0.284 e. The van der Waals surface area contributed by atoms with E-state index in [1.165, 1.54) is 11.3 Å². The Bertz CT molecular complexity index is 987. The van der Waals surface area contributed by atoms with Crippen LogP contribution < -0.4 is 5.32 Å². The second-order valence-electron chi connectivity index (χ2n) is 5.12. The van der Waals surface area contributed by atoms with Gasteiger partial charge in [0.15, 0.2) is 16.7 Å². The Morgan fingerprint density at radius 2 is 2.00 bits per heavy atom. The molecule has 3 heterocycles. The summed E-state index contributed by atoms with van der Waals surface area (Å²) in [5, 5.41) is 3.23. The standard InChI is InChI=1S/C17H12N4O2S/c1-10-19-9-14(23-10)11-4-6-12(7-5-11)20-15(22)17-21-13-3-2-8-18-16(13)24-17/h2-9H,1H3,(H,20,22). The maximum absolute atomic E-state index is 12.3. The molecule has 0 spiro atoms. The molecule has 0 bridgehead atoms. The number of carbonyl (C=O) groups excluding carboxylic acids is 1. The van der Waals surface area contributed by atoms with Gasteiger partial charge in [0.05, 0.1) is 6.20 Å². The van der Waals surface area contributed by atoms with Crippen molar-refractivity contribution in [2.75, 3.05) is 5.32 Å². The zero-order chi connectivity index (χ0) is 16.5.